The molecular formula is C49H96N2O6P+. The molecule has 8 nitrogen and oxygen atoms in total. The number of likely N-dealkylation sites (N-methyl/N-ethyl adjacent to an activating group) is 1. The zero-order chi connectivity index (χ0) is 42.8. The average Bonchev–Trinajstić information content (AvgIpc) is 3.17. The Kier molecular flexibility index (Phi) is 40.2. The van der Waals surface area contributed by atoms with E-state index in [4.69, 9.17) is 9.05 Å². The summed E-state index contributed by atoms with van der Waals surface area (Å²) in [5.74, 6) is -0.274. The maximum atomic E-state index is 12.8. The van der Waals surface area contributed by atoms with Gasteiger partial charge in [0.15, 0.2) is 0 Å². The molecule has 3 N–H and O–H groups in total. The highest BCUT2D eigenvalue weighted by Gasteiger charge is 2.28. The largest absolute Gasteiger partial charge is 0.472 e. The fraction of sp³-hybridized carbons (Fsp3) is 0.857. The number of aliphatic hydroxyl groups is 1. The van der Waals surface area contributed by atoms with E-state index in [1.54, 1.807) is 0 Å². The lowest BCUT2D eigenvalue weighted by Gasteiger charge is -2.26. The summed E-state index contributed by atoms with van der Waals surface area (Å²) in [5.41, 5.74) is 0. The SMILES string of the molecule is CCCCCCCCCCCCC=CC[C@@H](O)[C@H](COP(=O)(O)OCC[N+](C)(C)C)NC(=O)CC=CCC=CCCCCCCCCCCCCCCCCCCC. The van der Waals surface area contributed by atoms with Gasteiger partial charge in [0.2, 0.25) is 5.91 Å². The fourth-order valence-corrected chi connectivity index (χ4v) is 7.73. The van der Waals surface area contributed by atoms with Crippen LogP contribution in [0, 0.1) is 0 Å². The Morgan fingerprint density at radius 2 is 0.983 bits per heavy atom. The van der Waals surface area contributed by atoms with Gasteiger partial charge in [-0.1, -0.05) is 211 Å². The van der Waals surface area contributed by atoms with E-state index >= 15 is 0 Å². The Morgan fingerprint density at radius 1 is 0.586 bits per heavy atom. The van der Waals surface area contributed by atoms with Crippen molar-refractivity contribution < 1.29 is 32.9 Å². The molecule has 0 aromatic carbocycles. The summed E-state index contributed by atoms with van der Waals surface area (Å²) in [6.45, 7) is 4.79. The molecule has 58 heavy (non-hydrogen) atoms. The first-order chi connectivity index (χ1) is 28.0. The summed E-state index contributed by atoms with van der Waals surface area (Å²) < 4.78 is 23.5. The van der Waals surface area contributed by atoms with Crippen LogP contribution in [0.4, 0.5) is 0 Å². The Morgan fingerprint density at radius 3 is 1.41 bits per heavy atom. The highest BCUT2D eigenvalue weighted by molar-refractivity contribution is 7.47. The smallest absolute Gasteiger partial charge is 0.391 e. The molecule has 0 heterocycles. The minimum Gasteiger partial charge on any atom is -0.391 e. The summed E-state index contributed by atoms with van der Waals surface area (Å²) in [4.78, 5) is 23.1. The predicted octanol–water partition coefficient (Wildman–Crippen LogP) is 13.9. The first-order valence-electron chi connectivity index (χ1n) is 24.4. The van der Waals surface area contributed by atoms with Gasteiger partial charge in [-0.3, -0.25) is 13.8 Å². The molecule has 0 spiro atoms. The molecule has 0 radical (unpaired) electrons. The monoisotopic (exact) mass is 840 g/mol. The van der Waals surface area contributed by atoms with Gasteiger partial charge in [0.1, 0.15) is 13.2 Å². The second-order valence-electron chi connectivity index (χ2n) is 17.9. The van der Waals surface area contributed by atoms with Crippen LogP contribution in [0.15, 0.2) is 36.5 Å². The first kappa shape index (κ1) is 56.7. The van der Waals surface area contributed by atoms with E-state index < -0.39 is 20.0 Å². The minimum absolute atomic E-state index is 0.0529. The van der Waals surface area contributed by atoms with Gasteiger partial charge in [0.25, 0.3) is 0 Å². The Hall–Kier alpha value is -1.28. The van der Waals surface area contributed by atoms with Crippen molar-refractivity contribution in [3.63, 3.8) is 0 Å². The molecule has 0 saturated heterocycles. The van der Waals surface area contributed by atoms with Crippen molar-refractivity contribution in [2.45, 2.75) is 231 Å². The molecule has 0 aliphatic carbocycles. The topological polar surface area (TPSA) is 105 Å². The third-order valence-corrected chi connectivity index (χ3v) is 11.9. The molecule has 0 rings (SSSR count). The number of nitrogens with one attached hydrogen (secondary N) is 1. The van der Waals surface area contributed by atoms with E-state index in [1.165, 1.54) is 167 Å². The first-order valence-corrected chi connectivity index (χ1v) is 25.8. The lowest BCUT2D eigenvalue weighted by atomic mass is 10.0. The summed E-state index contributed by atoms with van der Waals surface area (Å²) in [5, 5.41) is 13.8. The molecule has 0 bridgehead atoms. The molecule has 0 aromatic rings. The van der Waals surface area contributed by atoms with Crippen LogP contribution in [-0.4, -0.2) is 73.4 Å². The normalized spacial score (nSPS) is 14.5. The van der Waals surface area contributed by atoms with Gasteiger partial charge in [0.05, 0.1) is 39.9 Å². The number of hydrogen-bond donors (Lipinski definition) is 3. The highest BCUT2D eigenvalue weighted by Crippen LogP contribution is 2.43. The Balaban J connectivity index is 4.35. The van der Waals surface area contributed by atoms with Gasteiger partial charge < -0.3 is 19.8 Å². The maximum absolute atomic E-state index is 12.8. The lowest BCUT2D eigenvalue weighted by Crippen LogP contribution is -2.46. The van der Waals surface area contributed by atoms with E-state index in [1.807, 2.05) is 39.4 Å². The minimum atomic E-state index is -4.35. The van der Waals surface area contributed by atoms with Crippen LogP contribution >= 0.6 is 7.82 Å². The second-order valence-corrected chi connectivity index (χ2v) is 19.3. The lowest BCUT2D eigenvalue weighted by molar-refractivity contribution is -0.870. The van der Waals surface area contributed by atoms with E-state index in [-0.39, 0.29) is 25.5 Å². The molecule has 0 aliphatic heterocycles. The highest BCUT2D eigenvalue weighted by atomic mass is 31.2. The molecule has 0 aromatic heterocycles. The maximum Gasteiger partial charge on any atom is 0.472 e. The molecule has 9 heteroatoms. The van der Waals surface area contributed by atoms with Crippen LogP contribution < -0.4 is 5.32 Å². The molecule has 342 valence electrons. The van der Waals surface area contributed by atoms with Crippen molar-refractivity contribution in [1.82, 2.24) is 5.32 Å². The number of aliphatic hydroxyl groups excluding tert-OH is 1. The number of rotatable bonds is 44. The number of carbonyl (C=O) groups is 1. The molecule has 0 fully saturated rings. The molecule has 0 aliphatic rings. The van der Waals surface area contributed by atoms with Crippen molar-refractivity contribution in [2.24, 2.45) is 0 Å². The van der Waals surface area contributed by atoms with Gasteiger partial charge in [-0.25, -0.2) is 4.57 Å². The predicted molar refractivity (Wildman–Crippen MR) is 249 cm³/mol. The van der Waals surface area contributed by atoms with Crippen molar-refractivity contribution in [3.05, 3.63) is 36.5 Å². The van der Waals surface area contributed by atoms with Crippen LogP contribution in [0.1, 0.15) is 219 Å². The van der Waals surface area contributed by atoms with Crippen molar-refractivity contribution in [1.29, 1.82) is 0 Å². The fourth-order valence-electron chi connectivity index (χ4n) is 6.99. The van der Waals surface area contributed by atoms with Gasteiger partial charge in [-0.15, -0.1) is 0 Å². The van der Waals surface area contributed by atoms with Crippen LogP contribution in [-0.2, 0) is 18.4 Å². The Bertz CT molecular complexity index is 1040. The average molecular weight is 840 g/mol. The number of carbonyl (C=O) groups excluding carboxylic acids is 1. The molecular weight excluding hydrogens is 744 g/mol. The zero-order valence-electron chi connectivity index (χ0n) is 38.8. The summed E-state index contributed by atoms with van der Waals surface area (Å²) in [7, 11) is 1.54. The van der Waals surface area contributed by atoms with Gasteiger partial charge in [-0.05, 0) is 38.5 Å². The number of phosphoric ester groups is 1. The third-order valence-electron chi connectivity index (χ3n) is 10.9. The van der Waals surface area contributed by atoms with Gasteiger partial charge >= 0.3 is 7.82 Å². The van der Waals surface area contributed by atoms with Crippen LogP contribution in [0.3, 0.4) is 0 Å². The van der Waals surface area contributed by atoms with Crippen LogP contribution in [0.2, 0.25) is 0 Å². The van der Waals surface area contributed by atoms with Gasteiger partial charge in [0, 0.05) is 6.42 Å². The molecule has 1 amide bonds. The summed E-state index contributed by atoms with van der Waals surface area (Å²) >= 11 is 0. The summed E-state index contributed by atoms with van der Waals surface area (Å²) in [6.07, 6.45) is 51.0. The number of unbranched alkanes of at least 4 members (excludes halogenated alkanes) is 27. The number of nitrogens with zero attached hydrogens (tertiary/aromatic N) is 1. The quantitative estimate of drug-likeness (QED) is 0.0244. The molecule has 1 unspecified atom stereocenters. The number of phosphoric acid groups is 1. The van der Waals surface area contributed by atoms with Gasteiger partial charge in [-0.2, -0.15) is 0 Å². The summed E-state index contributed by atoms with van der Waals surface area (Å²) in [6, 6.07) is -0.852. The number of amides is 1. The van der Waals surface area contributed by atoms with E-state index in [0.717, 1.165) is 25.7 Å². The van der Waals surface area contributed by atoms with Crippen molar-refractivity contribution in [2.75, 3.05) is 40.9 Å². The standard InChI is InChI=1S/C49H95N2O6P/c1-6-8-10-12-14-16-18-20-21-22-23-24-25-26-27-28-29-31-33-35-37-39-41-43-49(53)50-47(46-57-58(54,55)56-45-44-51(3,4)5)48(52)42-40-38-36-34-32-30-19-17-15-13-11-9-7-2/h33,35,38-41,47-48,52H,6-32,34,36-37,42-46H2,1-5H3,(H-,50,53,54,55)/p+1/t47-,48+/m0/s1. The third kappa shape index (κ3) is 42.8. The molecule has 3 atom stereocenters. The number of quaternary nitrogens is 1. The number of allylic oxidation sites excluding steroid dienone is 4. The van der Waals surface area contributed by atoms with E-state index in [9.17, 15) is 19.4 Å². The van der Waals surface area contributed by atoms with Crippen molar-refractivity contribution in [3.8, 4) is 0 Å². The van der Waals surface area contributed by atoms with Crippen molar-refractivity contribution >= 4 is 13.7 Å². The van der Waals surface area contributed by atoms with E-state index in [2.05, 4.69) is 37.4 Å². The van der Waals surface area contributed by atoms with Crippen LogP contribution in [0.25, 0.3) is 0 Å². The Labute approximate surface area is 359 Å². The second kappa shape index (κ2) is 41.1. The van der Waals surface area contributed by atoms with Crippen LogP contribution in [0.5, 0.6) is 0 Å². The van der Waals surface area contributed by atoms with E-state index in [0.29, 0.717) is 17.4 Å². The molecule has 0 saturated carbocycles. The zero-order valence-corrected chi connectivity index (χ0v) is 39.7. The number of hydrogen-bond acceptors (Lipinski definition) is 5.